The van der Waals surface area contributed by atoms with Gasteiger partial charge in [0, 0.05) is 31.6 Å². The highest BCUT2D eigenvalue weighted by Gasteiger charge is 2.59. The van der Waals surface area contributed by atoms with Crippen molar-refractivity contribution in [3.8, 4) is 0 Å². The molecule has 2 aromatic rings. The maximum absolute atomic E-state index is 14.0. The summed E-state index contributed by atoms with van der Waals surface area (Å²) in [5.41, 5.74) is 2.57. The van der Waals surface area contributed by atoms with Crippen molar-refractivity contribution in [1.82, 2.24) is 15.2 Å². The van der Waals surface area contributed by atoms with Crippen molar-refractivity contribution >= 4 is 29.1 Å². The predicted octanol–water partition coefficient (Wildman–Crippen LogP) is 3.59. The number of rotatable bonds is 6. The molecular weight excluding hydrogens is 452 g/mol. The molecule has 3 fully saturated rings. The Bertz CT molecular complexity index is 1120. The van der Waals surface area contributed by atoms with Crippen molar-refractivity contribution in [2.24, 2.45) is 5.41 Å². The SMILES string of the molecule is CNC(=O)c1cc(Cl)ncc1NC(=O)C1(c2ccccc2C(C)C)CN(C2CC3(COC3)C2)C1. The number of halogens is 1. The molecule has 0 atom stereocenters. The van der Waals surface area contributed by atoms with E-state index in [1.54, 1.807) is 7.05 Å². The Hall–Kier alpha value is -2.48. The molecule has 2 N–H and O–H groups in total. The number of hydrogen-bond acceptors (Lipinski definition) is 5. The molecule has 1 aromatic heterocycles. The molecule has 3 heterocycles. The fourth-order valence-corrected chi connectivity index (χ4v) is 5.85. The third-order valence-corrected chi connectivity index (χ3v) is 7.95. The van der Waals surface area contributed by atoms with Crippen molar-refractivity contribution in [2.45, 2.75) is 44.1 Å². The quantitative estimate of drug-likeness (QED) is 0.615. The molecule has 2 saturated heterocycles. The number of carbonyl (C=O) groups is 2. The number of ether oxygens (including phenoxy) is 1. The summed E-state index contributed by atoms with van der Waals surface area (Å²) in [6.45, 7) is 7.34. The molecule has 1 aliphatic carbocycles. The molecule has 0 unspecified atom stereocenters. The molecule has 1 spiro atoms. The number of benzene rings is 1. The van der Waals surface area contributed by atoms with Gasteiger partial charge in [-0.25, -0.2) is 4.98 Å². The molecule has 1 saturated carbocycles. The predicted molar refractivity (Wildman–Crippen MR) is 131 cm³/mol. The molecule has 0 radical (unpaired) electrons. The fraction of sp³-hybridized carbons (Fsp3) is 0.500. The maximum Gasteiger partial charge on any atom is 0.253 e. The Kier molecular flexibility index (Phi) is 5.91. The summed E-state index contributed by atoms with van der Waals surface area (Å²) in [6, 6.07) is 10.2. The van der Waals surface area contributed by atoms with E-state index in [4.69, 9.17) is 16.3 Å². The van der Waals surface area contributed by atoms with Crippen LogP contribution in [0.3, 0.4) is 0 Å². The normalized spacial score (nSPS) is 20.9. The molecule has 34 heavy (non-hydrogen) atoms. The molecule has 7 nitrogen and oxygen atoms in total. The third kappa shape index (κ3) is 3.80. The molecule has 1 aromatic carbocycles. The number of amides is 2. The van der Waals surface area contributed by atoms with Crippen molar-refractivity contribution in [3.63, 3.8) is 0 Å². The number of hydrogen-bond donors (Lipinski definition) is 2. The molecule has 0 bridgehead atoms. The van der Waals surface area contributed by atoms with Gasteiger partial charge in [-0.3, -0.25) is 14.5 Å². The zero-order chi connectivity index (χ0) is 24.1. The van der Waals surface area contributed by atoms with Gasteiger partial charge in [0.15, 0.2) is 0 Å². The van der Waals surface area contributed by atoms with Crippen LogP contribution in [-0.2, 0) is 14.9 Å². The number of likely N-dealkylation sites (tertiary alicyclic amines) is 1. The smallest absolute Gasteiger partial charge is 0.253 e. The minimum Gasteiger partial charge on any atom is -0.380 e. The molecule has 2 aliphatic heterocycles. The third-order valence-electron chi connectivity index (χ3n) is 7.74. The summed E-state index contributed by atoms with van der Waals surface area (Å²) >= 11 is 6.03. The van der Waals surface area contributed by atoms with Gasteiger partial charge in [0.05, 0.1) is 36.1 Å². The van der Waals surface area contributed by atoms with Gasteiger partial charge in [-0.1, -0.05) is 49.7 Å². The molecule has 3 aliphatic rings. The van der Waals surface area contributed by atoms with Gasteiger partial charge < -0.3 is 15.4 Å². The van der Waals surface area contributed by atoms with E-state index in [1.807, 2.05) is 12.1 Å². The van der Waals surface area contributed by atoms with E-state index in [1.165, 1.54) is 17.8 Å². The number of nitrogens with zero attached hydrogens (tertiary/aromatic N) is 2. The van der Waals surface area contributed by atoms with Crippen LogP contribution in [0.1, 0.15) is 54.1 Å². The first-order chi connectivity index (χ1) is 16.3. The average molecular weight is 483 g/mol. The molecule has 2 amide bonds. The number of nitrogens with one attached hydrogen (secondary N) is 2. The van der Waals surface area contributed by atoms with Crippen molar-refractivity contribution in [2.75, 3.05) is 38.7 Å². The van der Waals surface area contributed by atoms with Crippen molar-refractivity contribution in [3.05, 3.63) is 58.4 Å². The Morgan fingerprint density at radius 2 is 1.91 bits per heavy atom. The van der Waals surface area contributed by atoms with Crippen molar-refractivity contribution < 1.29 is 14.3 Å². The highest BCUT2D eigenvalue weighted by molar-refractivity contribution is 6.30. The molecule has 5 rings (SSSR count). The topological polar surface area (TPSA) is 83.6 Å². The lowest BCUT2D eigenvalue weighted by molar-refractivity contribution is -0.196. The standard InChI is InChI=1S/C26H31ClN4O3/c1-16(2)18-6-4-5-7-20(18)26(12-31(13-26)17-9-25(10-17)14-34-15-25)24(33)30-21-11-29-22(27)8-19(21)23(32)28-3/h4-8,11,16-17H,9-10,12-15H2,1-3H3,(H,28,32)(H,30,33). The molecule has 8 heteroatoms. The first-order valence-electron chi connectivity index (χ1n) is 11.9. The largest absolute Gasteiger partial charge is 0.380 e. The number of pyridine rings is 1. The highest BCUT2D eigenvalue weighted by Crippen LogP contribution is 2.52. The van der Waals surface area contributed by atoms with E-state index in [-0.39, 0.29) is 22.9 Å². The van der Waals surface area contributed by atoms with Gasteiger partial charge in [-0.2, -0.15) is 0 Å². The summed E-state index contributed by atoms with van der Waals surface area (Å²) < 4.78 is 5.43. The van der Waals surface area contributed by atoms with Gasteiger partial charge >= 0.3 is 0 Å². The first-order valence-corrected chi connectivity index (χ1v) is 12.2. The first kappa shape index (κ1) is 23.3. The van der Waals surface area contributed by atoms with Crippen LogP contribution in [0.4, 0.5) is 5.69 Å². The van der Waals surface area contributed by atoms with E-state index >= 15 is 0 Å². The zero-order valence-corrected chi connectivity index (χ0v) is 20.6. The minimum absolute atomic E-state index is 0.118. The van der Waals surface area contributed by atoms with E-state index in [0.29, 0.717) is 35.8 Å². The van der Waals surface area contributed by atoms with Crippen LogP contribution in [0, 0.1) is 5.41 Å². The summed E-state index contributed by atoms with van der Waals surface area (Å²) in [7, 11) is 1.55. The van der Waals surface area contributed by atoms with Crippen molar-refractivity contribution in [1.29, 1.82) is 0 Å². The van der Waals surface area contributed by atoms with E-state index in [9.17, 15) is 9.59 Å². The lowest BCUT2D eigenvalue weighted by Crippen LogP contribution is -2.71. The second kappa shape index (κ2) is 8.63. The van der Waals surface area contributed by atoms with Crippen LogP contribution < -0.4 is 10.6 Å². The second-order valence-electron chi connectivity index (χ2n) is 10.4. The van der Waals surface area contributed by atoms with Gasteiger partial charge in [-0.05, 0) is 36.0 Å². The zero-order valence-electron chi connectivity index (χ0n) is 19.9. The van der Waals surface area contributed by atoms with Gasteiger partial charge in [0.1, 0.15) is 5.15 Å². The van der Waals surface area contributed by atoms with E-state index in [2.05, 4.69) is 46.5 Å². The molecule has 180 valence electrons. The Morgan fingerprint density at radius 1 is 1.21 bits per heavy atom. The Morgan fingerprint density at radius 3 is 2.53 bits per heavy atom. The number of anilines is 1. The fourth-order valence-electron chi connectivity index (χ4n) is 5.70. The van der Waals surface area contributed by atoms with Gasteiger partial charge in [0.25, 0.3) is 5.91 Å². The Labute approximate surface area is 205 Å². The second-order valence-corrected chi connectivity index (χ2v) is 10.8. The summed E-state index contributed by atoms with van der Waals surface area (Å²) in [5.74, 6) is -0.159. The summed E-state index contributed by atoms with van der Waals surface area (Å²) in [5, 5.41) is 5.83. The Balaban J connectivity index is 1.44. The van der Waals surface area contributed by atoms with Crippen LogP contribution in [0.5, 0.6) is 0 Å². The maximum atomic E-state index is 14.0. The lowest BCUT2D eigenvalue weighted by atomic mass is 9.60. The van der Waals surface area contributed by atoms with Gasteiger partial charge in [0.2, 0.25) is 5.91 Å². The molecular formula is C26H31ClN4O3. The monoisotopic (exact) mass is 482 g/mol. The number of aromatic nitrogens is 1. The lowest BCUT2D eigenvalue weighted by Gasteiger charge is -2.61. The van der Waals surface area contributed by atoms with E-state index in [0.717, 1.165) is 31.6 Å². The summed E-state index contributed by atoms with van der Waals surface area (Å²) in [6.07, 6.45) is 3.73. The van der Waals surface area contributed by atoms with Crippen LogP contribution in [0.15, 0.2) is 36.5 Å². The average Bonchev–Trinajstić information content (AvgIpc) is 2.73. The highest BCUT2D eigenvalue weighted by atomic mass is 35.5. The van der Waals surface area contributed by atoms with Crippen LogP contribution in [0.2, 0.25) is 5.15 Å². The number of carbonyl (C=O) groups excluding carboxylic acids is 2. The van der Waals surface area contributed by atoms with E-state index < -0.39 is 5.41 Å². The van der Waals surface area contributed by atoms with Crippen LogP contribution in [-0.4, -0.2) is 61.1 Å². The van der Waals surface area contributed by atoms with Crippen LogP contribution >= 0.6 is 11.6 Å². The van der Waals surface area contributed by atoms with Gasteiger partial charge in [-0.15, -0.1) is 0 Å². The van der Waals surface area contributed by atoms with Crippen LogP contribution in [0.25, 0.3) is 0 Å². The minimum atomic E-state index is -0.695. The summed E-state index contributed by atoms with van der Waals surface area (Å²) in [4.78, 5) is 32.9.